The third kappa shape index (κ3) is 4.10. The van der Waals surface area contributed by atoms with Gasteiger partial charge in [-0.1, -0.05) is 25.1 Å². The lowest BCUT2D eigenvalue weighted by Gasteiger charge is -2.26. The second-order valence-electron chi connectivity index (χ2n) is 9.21. The van der Waals surface area contributed by atoms with Crippen molar-refractivity contribution in [2.45, 2.75) is 45.6 Å². The van der Waals surface area contributed by atoms with E-state index in [0.29, 0.717) is 23.6 Å². The Kier molecular flexibility index (Phi) is 5.39. The molecule has 9 nitrogen and oxygen atoms in total. The molecule has 1 fully saturated rings. The van der Waals surface area contributed by atoms with E-state index in [2.05, 4.69) is 57.4 Å². The zero-order valence-corrected chi connectivity index (χ0v) is 19.4. The molecule has 1 aliphatic carbocycles. The SMILES string of the molecule is CNc1cnc(-c2ccc(C(C)(c3noc(-c4cnn(CC(C)C)c4)n3)C3CC3)cn2)cn1. The quantitative estimate of drug-likeness (QED) is 0.431. The number of pyridine rings is 1. The van der Waals surface area contributed by atoms with Gasteiger partial charge in [0.25, 0.3) is 5.89 Å². The molecule has 0 amide bonds. The zero-order valence-electron chi connectivity index (χ0n) is 19.4. The number of hydrogen-bond donors (Lipinski definition) is 1. The van der Waals surface area contributed by atoms with Gasteiger partial charge in [-0.3, -0.25) is 9.67 Å². The molecule has 170 valence electrons. The number of nitrogens with zero attached hydrogens (tertiary/aromatic N) is 7. The Morgan fingerprint density at radius 1 is 1.09 bits per heavy atom. The molecule has 1 N–H and O–H groups in total. The number of anilines is 1. The average Bonchev–Trinajstić information content (AvgIpc) is 3.39. The highest BCUT2D eigenvalue weighted by atomic mass is 16.5. The molecule has 5 rings (SSSR count). The van der Waals surface area contributed by atoms with Crippen molar-refractivity contribution in [2.75, 3.05) is 12.4 Å². The molecule has 0 saturated heterocycles. The minimum atomic E-state index is -0.372. The Bertz CT molecular complexity index is 1220. The minimum Gasteiger partial charge on any atom is -0.372 e. The Balaban J connectivity index is 1.43. The van der Waals surface area contributed by atoms with E-state index in [0.717, 1.165) is 47.7 Å². The van der Waals surface area contributed by atoms with Gasteiger partial charge < -0.3 is 9.84 Å². The van der Waals surface area contributed by atoms with Crippen LogP contribution in [0, 0.1) is 11.8 Å². The summed E-state index contributed by atoms with van der Waals surface area (Å²) in [6.07, 6.45) is 11.3. The smallest absolute Gasteiger partial charge is 0.261 e. The van der Waals surface area contributed by atoms with Crippen molar-refractivity contribution in [3.63, 3.8) is 0 Å². The summed E-state index contributed by atoms with van der Waals surface area (Å²) in [6.45, 7) is 7.35. The summed E-state index contributed by atoms with van der Waals surface area (Å²) >= 11 is 0. The van der Waals surface area contributed by atoms with Crippen LogP contribution in [0.15, 0.2) is 47.6 Å². The standard InChI is InChI=1S/C24H28N8O/c1-15(2)13-32-14-16(9-29-32)22-30-23(31-33-22)24(3,17-5-6-17)18-7-8-19(26-10-18)20-11-28-21(25-4)12-27-20/h7-12,14-15,17H,5-6,13H2,1-4H3,(H,25,28). The fraction of sp³-hybridized carbons (Fsp3) is 0.417. The minimum absolute atomic E-state index is 0.372. The molecule has 1 atom stereocenters. The molecule has 0 aliphatic heterocycles. The van der Waals surface area contributed by atoms with Crippen LogP contribution < -0.4 is 5.32 Å². The lowest BCUT2D eigenvalue weighted by atomic mass is 9.77. The first-order valence-corrected chi connectivity index (χ1v) is 11.3. The third-order valence-corrected chi connectivity index (χ3v) is 6.25. The van der Waals surface area contributed by atoms with E-state index in [4.69, 9.17) is 9.51 Å². The lowest BCUT2D eigenvalue weighted by molar-refractivity contribution is 0.386. The van der Waals surface area contributed by atoms with E-state index in [9.17, 15) is 0 Å². The van der Waals surface area contributed by atoms with Gasteiger partial charge in [-0.05, 0) is 43.2 Å². The van der Waals surface area contributed by atoms with E-state index in [1.54, 1.807) is 18.6 Å². The van der Waals surface area contributed by atoms with E-state index in [-0.39, 0.29) is 5.41 Å². The maximum atomic E-state index is 5.67. The van der Waals surface area contributed by atoms with E-state index >= 15 is 0 Å². The van der Waals surface area contributed by atoms with Crippen LogP contribution >= 0.6 is 0 Å². The molecule has 4 heterocycles. The van der Waals surface area contributed by atoms with Crippen molar-refractivity contribution < 1.29 is 4.52 Å². The van der Waals surface area contributed by atoms with Crippen molar-refractivity contribution in [1.82, 2.24) is 34.9 Å². The largest absolute Gasteiger partial charge is 0.372 e. The molecule has 0 radical (unpaired) electrons. The molecule has 4 aromatic rings. The van der Waals surface area contributed by atoms with E-state index in [1.807, 2.05) is 30.2 Å². The van der Waals surface area contributed by atoms with Gasteiger partial charge in [0, 0.05) is 26.0 Å². The Labute approximate surface area is 192 Å². The predicted octanol–water partition coefficient (Wildman–Crippen LogP) is 4.20. The molecule has 33 heavy (non-hydrogen) atoms. The first kappa shape index (κ1) is 21.2. The first-order valence-electron chi connectivity index (χ1n) is 11.3. The molecule has 0 spiro atoms. The molecule has 1 unspecified atom stereocenters. The van der Waals surface area contributed by atoms with Crippen molar-refractivity contribution in [3.05, 3.63) is 54.5 Å². The summed E-state index contributed by atoms with van der Waals surface area (Å²) in [5.74, 6) is 2.87. The maximum absolute atomic E-state index is 5.67. The van der Waals surface area contributed by atoms with Crippen LogP contribution in [0.4, 0.5) is 5.82 Å². The summed E-state index contributed by atoms with van der Waals surface area (Å²) in [5.41, 5.74) is 3.04. The Hall–Kier alpha value is -3.62. The highest BCUT2D eigenvalue weighted by molar-refractivity contribution is 5.55. The van der Waals surface area contributed by atoms with Crippen molar-refractivity contribution in [2.24, 2.45) is 11.8 Å². The third-order valence-electron chi connectivity index (χ3n) is 6.25. The van der Waals surface area contributed by atoms with Crippen LogP contribution in [0.2, 0.25) is 0 Å². The fourth-order valence-electron chi connectivity index (χ4n) is 4.15. The van der Waals surface area contributed by atoms with Crippen LogP contribution in [0.5, 0.6) is 0 Å². The van der Waals surface area contributed by atoms with Gasteiger partial charge in [0.1, 0.15) is 11.5 Å². The van der Waals surface area contributed by atoms with Crippen LogP contribution in [-0.4, -0.2) is 41.9 Å². The number of nitrogens with one attached hydrogen (secondary N) is 1. The molecule has 0 aromatic carbocycles. The van der Waals surface area contributed by atoms with Gasteiger partial charge in [-0.15, -0.1) is 0 Å². The predicted molar refractivity (Wildman–Crippen MR) is 124 cm³/mol. The topological polar surface area (TPSA) is 107 Å². The van der Waals surface area contributed by atoms with Gasteiger partial charge in [0.05, 0.1) is 35.3 Å². The summed E-state index contributed by atoms with van der Waals surface area (Å²) in [6, 6.07) is 4.07. The van der Waals surface area contributed by atoms with Gasteiger partial charge in [0.2, 0.25) is 0 Å². The van der Waals surface area contributed by atoms with Gasteiger partial charge in [0.15, 0.2) is 5.82 Å². The highest BCUT2D eigenvalue weighted by Crippen LogP contribution is 2.50. The molecule has 0 bridgehead atoms. The van der Waals surface area contributed by atoms with Crippen LogP contribution in [0.1, 0.15) is 45.0 Å². The molecule has 9 heteroatoms. The average molecular weight is 445 g/mol. The zero-order chi connectivity index (χ0) is 23.0. The maximum Gasteiger partial charge on any atom is 0.261 e. The summed E-state index contributed by atoms with van der Waals surface area (Å²) in [4.78, 5) is 18.2. The summed E-state index contributed by atoms with van der Waals surface area (Å²) in [5, 5.41) is 11.8. The highest BCUT2D eigenvalue weighted by Gasteiger charge is 2.47. The summed E-state index contributed by atoms with van der Waals surface area (Å²) in [7, 11) is 1.82. The van der Waals surface area contributed by atoms with E-state index < -0.39 is 0 Å². The number of hydrogen-bond acceptors (Lipinski definition) is 8. The monoisotopic (exact) mass is 444 g/mol. The lowest BCUT2D eigenvalue weighted by Crippen LogP contribution is -2.28. The first-order chi connectivity index (χ1) is 16.0. The summed E-state index contributed by atoms with van der Waals surface area (Å²) < 4.78 is 7.59. The van der Waals surface area contributed by atoms with Crippen molar-refractivity contribution >= 4 is 5.82 Å². The number of aromatic nitrogens is 7. The second kappa shape index (κ2) is 8.38. The van der Waals surface area contributed by atoms with Crippen molar-refractivity contribution in [1.29, 1.82) is 0 Å². The fourth-order valence-corrected chi connectivity index (χ4v) is 4.15. The van der Waals surface area contributed by atoms with Gasteiger partial charge >= 0.3 is 0 Å². The van der Waals surface area contributed by atoms with E-state index in [1.165, 1.54) is 0 Å². The molecule has 1 saturated carbocycles. The van der Waals surface area contributed by atoms with Gasteiger partial charge in [-0.25, -0.2) is 9.97 Å². The Morgan fingerprint density at radius 2 is 1.91 bits per heavy atom. The second-order valence-corrected chi connectivity index (χ2v) is 9.21. The Morgan fingerprint density at radius 3 is 2.55 bits per heavy atom. The molecule has 1 aliphatic rings. The van der Waals surface area contributed by atoms with Crippen LogP contribution in [-0.2, 0) is 12.0 Å². The molecule has 4 aromatic heterocycles. The van der Waals surface area contributed by atoms with Crippen LogP contribution in [0.25, 0.3) is 22.8 Å². The molecular weight excluding hydrogens is 416 g/mol. The molecular formula is C24H28N8O. The van der Waals surface area contributed by atoms with Crippen molar-refractivity contribution in [3.8, 4) is 22.8 Å². The van der Waals surface area contributed by atoms with Gasteiger partial charge in [-0.2, -0.15) is 10.1 Å². The number of rotatable bonds is 8. The van der Waals surface area contributed by atoms with Crippen LogP contribution in [0.3, 0.4) is 0 Å². The normalized spacial score (nSPS) is 15.5.